The Labute approximate surface area is 268 Å². The Bertz CT molecular complexity index is 1670. The van der Waals surface area contributed by atoms with Crippen LogP contribution in [0, 0.1) is 5.82 Å². The van der Waals surface area contributed by atoms with Gasteiger partial charge in [0.05, 0.1) is 37.9 Å². The number of aliphatic imine (C=N–C) groups is 1. The molecule has 2 aromatic carbocycles. The van der Waals surface area contributed by atoms with Crippen LogP contribution >= 0.6 is 0 Å². The number of guanidine groups is 1. The molecule has 15 heteroatoms. The van der Waals surface area contributed by atoms with Crippen molar-refractivity contribution in [2.45, 2.75) is 38.5 Å². The van der Waals surface area contributed by atoms with Crippen LogP contribution in [0.2, 0.25) is 0 Å². The van der Waals surface area contributed by atoms with Crippen LogP contribution in [0.5, 0.6) is 11.6 Å². The van der Waals surface area contributed by atoms with Crippen molar-refractivity contribution in [3.05, 3.63) is 71.7 Å². The van der Waals surface area contributed by atoms with Crippen LogP contribution in [0.3, 0.4) is 0 Å². The van der Waals surface area contributed by atoms with Crippen molar-refractivity contribution in [2.24, 2.45) is 4.99 Å². The van der Waals surface area contributed by atoms with Gasteiger partial charge in [0.2, 0.25) is 18.6 Å². The van der Waals surface area contributed by atoms with Gasteiger partial charge >= 0.3 is 18.1 Å². The molecule has 3 heterocycles. The summed E-state index contributed by atoms with van der Waals surface area (Å²) in [5.41, 5.74) is 0.0434. The number of rotatable bonds is 8. The standard InChI is InChI=1S/C32H33F4N5O6/c1-19-17-39(12-13-40(19)22-10-11-37-28(15-22)45-4)31-38-30-23(6-5-7-24(30)33)25(16-29(43)47-18-46-20(2)42)41(31)26-14-21(32(34,35)36)8-9-27(26)44-3/h5-11,14-15,19,25H,12-13,16-18H2,1-4H3/t19-,25+/m1/s1. The molecule has 2 atom stereocenters. The molecule has 2 aliphatic rings. The van der Waals surface area contributed by atoms with Gasteiger partial charge in [0.15, 0.2) is 0 Å². The maximum absolute atomic E-state index is 15.4. The number of aromatic nitrogens is 1. The fourth-order valence-electron chi connectivity index (χ4n) is 5.71. The Balaban J connectivity index is 1.61. The number of nitrogens with zero attached hydrogens (tertiary/aromatic N) is 5. The van der Waals surface area contributed by atoms with Gasteiger partial charge in [-0.15, -0.1) is 0 Å². The van der Waals surface area contributed by atoms with Gasteiger partial charge in [-0.05, 0) is 37.3 Å². The normalized spacial score (nSPS) is 17.9. The molecule has 0 radical (unpaired) electrons. The molecule has 3 aromatic rings. The lowest BCUT2D eigenvalue weighted by molar-refractivity contribution is -0.165. The number of hydrogen-bond donors (Lipinski definition) is 0. The Hall–Kier alpha value is -5.08. The van der Waals surface area contributed by atoms with Crippen LogP contribution in [0.15, 0.2) is 59.7 Å². The van der Waals surface area contributed by atoms with Crippen LogP contribution in [-0.2, 0) is 25.2 Å². The molecule has 5 rings (SSSR count). The van der Waals surface area contributed by atoms with Crippen molar-refractivity contribution in [3.63, 3.8) is 0 Å². The van der Waals surface area contributed by atoms with Gasteiger partial charge in [-0.25, -0.2) is 14.4 Å². The van der Waals surface area contributed by atoms with Crippen molar-refractivity contribution >= 4 is 35.0 Å². The second-order valence-corrected chi connectivity index (χ2v) is 10.9. The molecule has 0 spiro atoms. The van der Waals surface area contributed by atoms with Crippen molar-refractivity contribution in [2.75, 3.05) is 50.4 Å². The largest absolute Gasteiger partial charge is 0.495 e. The van der Waals surface area contributed by atoms with Crippen LogP contribution in [0.4, 0.5) is 34.6 Å². The smallest absolute Gasteiger partial charge is 0.416 e. The summed E-state index contributed by atoms with van der Waals surface area (Å²) in [5, 5.41) is 0. The minimum Gasteiger partial charge on any atom is -0.495 e. The van der Waals surface area contributed by atoms with Crippen molar-refractivity contribution in [1.82, 2.24) is 9.88 Å². The number of carbonyl (C=O) groups excluding carboxylic acids is 2. The highest BCUT2D eigenvalue weighted by Gasteiger charge is 2.41. The zero-order valence-corrected chi connectivity index (χ0v) is 26.1. The first-order valence-electron chi connectivity index (χ1n) is 14.6. The highest BCUT2D eigenvalue weighted by atomic mass is 19.4. The molecule has 0 N–H and O–H groups in total. The van der Waals surface area contributed by atoms with E-state index in [0.717, 1.165) is 24.7 Å². The first-order valence-corrected chi connectivity index (χ1v) is 14.6. The number of benzene rings is 2. The zero-order valence-electron chi connectivity index (χ0n) is 26.1. The molecule has 1 saturated heterocycles. The minimum atomic E-state index is -4.71. The summed E-state index contributed by atoms with van der Waals surface area (Å²) >= 11 is 0. The average Bonchev–Trinajstić information content (AvgIpc) is 3.04. The maximum atomic E-state index is 15.4. The summed E-state index contributed by atoms with van der Waals surface area (Å²) in [6.07, 6.45) is -3.53. The number of methoxy groups -OCH3 is 2. The quantitative estimate of drug-likeness (QED) is 0.176. The van der Waals surface area contributed by atoms with Gasteiger partial charge in [-0.3, -0.25) is 9.59 Å². The molecule has 0 unspecified atom stereocenters. The monoisotopic (exact) mass is 659 g/mol. The van der Waals surface area contributed by atoms with Crippen LogP contribution in [0.1, 0.15) is 37.4 Å². The number of fused-ring (bicyclic) bond motifs is 1. The van der Waals surface area contributed by atoms with E-state index in [1.54, 1.807) is 18.3 Å². The Morgan fingerprint density at radius 2 is 1.81 bits per heavy atom. The first kappa shape index (κ1) is 33.3. The topological polar surface area (TPSA) is 106 Å². The summed E-state index contributed by atoms with van der Waals surface area (Å²) < 4.78 is 78.2. The van der Waals surface area contributed by atoms with E-state index in [1.807, 2.05) is 17.9 Å². The SMILES string of the molecule is COc1cc(N2CCN(C3=Nc4c(F)cccc4[C@H](CC(=O)OCOC(C)=O)N3c3cc(C(F)(F)F)ccc3OC)C[C@H]2C)ccn1. The van der Waals surface area contributed by atoms with E-state index in [2.05, 4.69) is 14.9 Å². The number of anilines is 2. The predicted octanol–water partition coefficient (Wildman–Crippen LogP) is 5.47. The maximum Gasteiger partial charge on any atom is 0.416 e. The second-order valence-electron chi connectivity index (χ2n) is 10.9. The van der Waals surface area contributed by atoms with E-state index in [0.29, 0.717) is 25.5 Å². The predicted molar refractivity (Wildman–Crippen MR) is 163 cm³/mol. The number of para-hydroxylation sites is 1. The lowest BCUT2D eigenvalue weighted by atomic mass is 9.96. The molecule has 0 aliphatic carbocycles. The second kappa shape index (κ2) is 13.7. The minimum absolute atomic E-state index is 0.0391. The fraction of sp³-hybridized carbons (Fsp3) is 0.375. The molecular weight excluding hydrogens is 626 g/mol. The third-order valence-electron chi connectivity index (χ3n) is 7.89. The van der Waals surface area contributed by atoms with Gasteiger partial charge < -0.3 is 33.6 Å². The van der Waals surface area contributed by atoms with Crippen molar-refractivity contribution in [1.29, 1.82) is 0 Å². The number of halogens is 4. The molecule has 2 aliphatic heterocycles. The molecule has 47 heavy (non-hydrogen) atoms. The van der Waals surface area contributed by atoms with E-state index in [9.17, 15) is 22.8 Å². The summed E-state index contributed by atoms with van der Waals surface area (Å²) in [6, 6.07) is 9.58. The van der Waals surface area contributed by atoms with E-state index in [1.165, 1.54) is 37.3 Å². The van der Waals surface area contributed by atoms with Gasteiger partial charge in [-0.1, -0.05) is 12.1 Å². The van der Waals surface area contributed by atoms with Crippen LogP contribution in [-0.4, -0.2) is 74.5 Å². The number of carbonyl (C=O) groups is 2. The van der Waals surface area contributed by atoms with Gasteiger partial charge in [0, 0.05) is 56.1 Å². The number of esters is 2. The number of pyridine rings is 1. The molecule has 11 nitrogen and oxygen atoms in total. The van der Waals surface area contributed by atoms with Crippen molar-refractivity contribution < 1.29 is 46.1 Å². The van der Waals surface area contributed by atoms with E-state index >= 15 is 4.39 Å². The summed E-state index contributed by atoms with van der Waals surface area (Å²) in [4.78, 5) is 38.6. The lowest BCUT2D eigenvalue weighted by Crippen LogP contribution is -2.58. The number of alkyl halides is 3. The molecule has 1 aromatic heterocycles. The lowest BCUT2D eigenvalue weighted by Gasteiger charge is -2.47. The Kier molecular flexibility index (Phi) is 9.72. The number of hydrogen-bond acceptors (Lipinski definition) is 11. The molecule has 1 fully saturated rings. The number of piperazine rings is 1. The third-order valence-corrected chi connectivity index (χ3v) is 7.89. The summed E-state index contributed by atoms with van der Waals surface area (Å²) in [6.45, 7) is 3.57. The Morgan fingerprint density at radius 3 is 2.49 bits per heavy atom. The highest BCUT2D eigenvalue weighted by Crippen LogP contribution is 2.46. The molecule has 250 valence electrons. The van der Waals surface area contributed by atoms with E-state index in [-0.39, 0.29) is 34.7 Å². The van der Waals surface area contributed by atoms with Gasteiger partial charge in [0.1, 0.15) is 17.3 Å². The average molecular weight is 660 g/mol. The number of ether oxygens (including phenoxy) is 4. The molecule has 0 amide bonds. The van der Waals surface area contributed by atoms with Crippen LogP contribution in [0.25, 0.3) is 0 Å². The summed E-state index contributed by atoms with van der Waals surface area (Å²) in [7, 11) is 2.83. The Morgan fingerprint density at radius 1 is 1.02 bits per heavy atom. The first-order chi connectivity index (χ1) is 22.4. The molecule has 0 saturated carbocycles. The van der Waals surface area contributed by atoms with Crippen LogP contribution < -0.4 is 19.3 Å². The van der Waals surface area contributed by atoms with Gasteiger partial charge in [0.25, 0.3) is 0 Å². The van der Waals surface area contributed by atoms with Gasteiger partial charge in [-0.2, -0.15) is 13.2 Å². The zero-order chi connectivity index (χ0) is 33.9. The van der Waals surface area contributed by atoms with Crippen molar-refractivity contribution in [3.8, 4) is 11.6 Å². The fourth-order valence-corrected chi connectivity index (χ4v) is 5.71. The molecular formula is C32H33F4N5O6. The molecule has 0 bridgehead atoms. The van der Waals surface area contributed by atoms with E-state index < -0.39 is 48.8 Å². The van der Waals surface area contributed by atoms with E-state index in [4.69, 9.17) is 18.9 Å². The summed E-state index contributed by atoms with van der Waals surface area (Å²) in [5.74, 6) is -1.56. The highest BCUT2D eigenvalue weighted by molar-refractivity contribution is 6.02. The third kappa shape index (κ3) is 7.18.